The number of rotatable bonds is 4. The summed E-state index contributed by atoms with van der Waals surface area (Å²) in [4.78, 5) is 8.72. The van der Waals surface area contributed by atoms with E-state index >= 15 is 0 Å². The number of halogens is 1. The van der Waals surface area contributed by atoms with Crippen molar-refractivity contribution in [2.45, 2.75) is 4.90 Å². The molecule has 0 amide bonds. The quantitative estimate of drug-likeness (QED) is 0.481. The number of nitriles is 1. The third-order valence-electron chi connectivity index (χ3n) is 1.76. The van der Waals surface area contributed by atoms with Crippen LogP contribution in [0.25, 0.3) is 0 Å². The number of nitro benzene ring substituents is 1. The van der Waals surface area contributed by atoms with Gasteiger partial charge in [-0.05, 0) is 6.07 Å². The smallest absolute Gasteiger partial charge is 0.258 e. The summed E-state index contributed by atoms with van der Waals surface area (Å²) in [5.74, 6) is -1.12. The molecule has 0 atom stereocenters. The molecule has 0 saturated carbocycles. The zero-order valence-corrected chi connectivity index (χ0v) is 9.07. The van der Waals surface area contributed by atoms with Gasteiger partial charge in [0, 0.05) is 12.1 Å². The molecule has 9 heteroatoms. The number of hydrogen-bond acceptors (Lipinski definition) is 5. The predicted octanol–water partition coefficient (Wildman–Crippen LogP) is 0.536. The van der Waals surface area contributed by atoms with Gasteiger partial charge in [-0.15, -0.1) is 0 Å². The normalized spacial score (nSPS) is 10.8. The molecule has 0 aliphatic carbocycles. The highest BCUT2D eigenvalue weighted by atomic mass is 32.2. The van der Waals surface area contributed by atoms with Crippen molar-refractivity contribution in [1.82, 2.24) is 4.72 Å². The Balaban J connectivity index is 3.26. The molecule has 0 radical (unpaired) electrons. The minimum absolute atomic E-state index is 0.551. The van der Waals surface area contributed by atoms with E-state index in [0.29, 0.717) is 12.1 Å². The van der Waals surface area contributed by atoms with Crippen LogP contribution in [0.3, 0.4) is 0 Å². The summed E-state index contributed by atoms with van der Waals surface area (Å²) in [5, 5.41) is 18.6. The van der Waals surface area contributed by atoms with Crippen LogP contribution in [0.5, 0.6) is 0 Å². The molecule has 0 spiro atoms. The van der Waals surface area contributed by atoms with Crippen molar-refractivity contribution in [2.24, 2.45) is 0 Å². The van der Waals surface area contributed by atoms with Crippen molar-refractivity contribution in [3.8, 4) is 6.07 Å². The second-order valence-electron chi connectivity index (χ2n) is 2.85. The van der Waals surface area contributed by atoms with E-state index in [0.717, 1.165) is 6.07 Å². The van der Waals surface area contributed by atoms with Crippen LogP contribution in [-0.4, -0.2) is 19.9 Å². The van der Waals surface area contributed by atoms with E-state index < -0.39 is 37.9 Å². The number of hydrogen-bond donors (Lipinski definition) is 1. The van der Waals surface area contributed by atoms with Crippen LogP contribution in [0.1, 0.15) is 0 Å². The van der Waals surface area contributed by atoms with Crippen LogP contribution < -0.4 is 4.72 Å². The van der Waals surface area contributed by atoms with Gasteiger partial charge in [0.25, 0.3) is 5.69 Å². The predicted molar refractivity (Wildman–Crippen MR) is 53.9 cm³/mol. The Hall–Kier alpha value is -2.05. The van der Waals surface area contributed by atoms with Crippen LogP contribution in [0.4, 0.5) is 10.1 Å². The van der Waals surface area contributed by atoms with E-state index in [1.807, 2.05) is 0 Å². The lowest BCUT2D eigenvalue weighted by Gasteiger charge is -2.04. The molecule has 0 aromatic heterocycles. The molecule has 1 aromatic carbocycles. The van der Waals surface area contributed by atoms with E-state index in [2.05, 4.69) is 0 Å². The largest absolute Gasteiger partial charge is 0.270 e. The first-order valence-electron chi connectivity index (χ1n) is 4.19. The van der Waals surface area contributed by atoms with Crippen molar-refractivity contribution in [2.75, 3.05) is 6.54 Å². The fraction of sp³-hybridized carbons (Fsp3) is 0.125. The highest BCUT2D eigenvalue weighted by Gasteiger charge is 2.22. The summed E-state index contributed by atoms with van der Waals surface area (Å²) >= 11 is 0. The van der Waals surface area contributed by atoms with E-state index in [9.17, 15) is 22.9 Å². The topological polar surface area (TPSA) is 113 Å². The molecular formula is C8H6FN3O4S. The van der Waals surface area contributed by atoms with Gasteiger partial charge in [0.15, 0.2) is 0 Å². The Labute approximate surface area is 95.7 Å². The molecule has 1 rings (SSSR count). The van der Waals surface area contributed by atoms with Crippen LogP contribution >= 0.6 is 0 Å². The summed E-state index contributed by atoms with van der Waals surface area (Å²) in [5.41, 5.74) is -0.552. The van der Waals surface area contributed by atoms with Crippen LogP contribution in [0, 0.1) is 27.3 Å². The molecule has 0 fully saturated rings. The van der Waals surface area contributed by atoms with E-state index in [1.165, 1.54) is 6.07 Å². The van der Waals surface area contributed by atoms with Gasteiger partial charge in [-0.2, -0.15) is 9.98 Å². The molecule has 0 heterocycles. The summed E-state index contributed by atoms with van der Waals surface area (Å²) in [6.45, 7) is -0.551. The molecule has 1 N–H and O–H groups in total. The van der Waals surface area contributed by atoms with E-state index in [-0.39, 0.29) is 0 Å². The Morgan fingerprint density at radius 1 is 1.53 bits per heavy atom. The van der Waals surface area contributed by atoms with Gasteiger partial charge < -0.3 is 0 Å². The third-order valence-corrected chi connectivity index (χ3v) is 3.17. The minimum Gasteiger partial charge on any atom is -0.258 e. The van der Waals surface area contributed by atoms with Gasteiger partial charge in [0.1, 0.15) is 10.7 Å². The SMILES string of the molecule is N#CCNS(=O)(=O)c1cc([N+](=O)[O-])ccc1F. The third kappa shape index (κ3) is 2.96. The molecule has 0 unspecified atom stereocenters. The second kappa shape index (κ2) is 4.86. The van der Waals surface area contributed by atoms with Crippen molar-refractivity contribution in [1.29, 1.82) is 5.26 Å². The van der Waals surface area contributed by atoms with Crippen molar-refractivity contribution >= 4 is 15.7 Å². The molecular weight excluding hydrogens is 253 g/mol. The minimum atomic E-state index is -4.26. The van der Waals surface area contributed by atoms with Gasteiger partial charge in [0.05, 0.1) is 17.5 Å². The van der Waals surface area contributed by atoms with Crippen molar-refractivity contribution < 1.29 is 17.7 Å². The summed E-state index contributed by atoms with van der Waals surface area (Å²) in [7, 11) is -4.26. The number of nitro groups is 1. The average Bonchev–Trinajstić information content (AvgIpc) is 2.26. The van der Waals surface area contributed by atoms with Crippen LogP contribution in [0.15, 0.2) is 23.1 Å². The Kier molecular flexibility index (Phi) is 3.72. The van der Waals surface area contributed by atoms with Gasteiger partial charge >= 0.3 is 0 Å². The lowest BCUT2D eigenvalue weighted by Crippen LogP contribution is -2.24. The zero-order chi connectivity index (χ0) is 13.1. The maximum atomic E-state index is 13.2. The van der Waals surface area contributed by atoms with Gasteiger partial charge in [-0.25, -0.2) is 12.8 Å². The second-order valence-corrected chi connectivity index (χ2v) is 4.59. The van der Waals surface area contributed by atoms with Gasteiger partial charge in [0.2, 0.25) is 10.0 Å². The number of nitrogens with one attached hydrogen (secondary N) is 1. The van der Waals surface area contributed by atoms with Crippen molar-refractivity contribution in [3.05, 3.63) is 34.1 Å². The molecule has 0 aliphatic heterocycles. The van der Waals surface area contributed by atoms with Crippen LogP contribution in [-0.2, 0) is 10.0 Å². The average molecular weight is 259 g/mol. The molecule has 7 nitrogen and oxygen atoms in total. The maximum Gasteiger partial charge on any atom is 0.270 e. The Morgan fingerprint density at radius 3 is 2.71 bits per heavy atom. The monoisotopic (exact) mass is 259 g/mol. The summed E-state index contributed by atoms with van der Waals surface area (Å²) < 4.78 is 37.9. The molecule has 90 valence electrons. The number of sulfonamides is 1. The molecule has 1 aromatic rings. The Morgan fingerprint density at radius 2 is 2.18 bits per heavy atom. The first-order valence-corrected chi connectivity index (χ1v) is 5.67. The first kappa shape index (κ1) is 13.0. The van der Waals surface area contributed by atoms with Crippen molar-refractivity contribution in [3.63, 3.8) is 0 Å². The highest BCUT2D eigenvalue weighted by molar-refractivity contribution is 7.89. The standard InChI is InChI=1S/C8H6FN3O4S/c9-7-2-1-6(12(13)14)5-8(7)17(15,16)11-4-3-10/h1-2,5,11H,4H2. The Bertz CT molecular complexity index is 593. The highest BCUT2D eigenvalue weighted by Crippen LogP contribution is 2.20. The van der Waals surface area contributed by atoms with E-state index in [1.54, 1.807) is 4.72 Å². The molecule has 0 bridgehead atoms. The lowest BCUT2D eigenvalue weighted by molar-refractivity contribution is -0.385. The number of benzene rings is 1. The van der Waals surface area contributed by atoms with Gasteiger partial charge in [-0.1, -0.05) is 0 Å². The maximum absolute atomic E-state index is 13.2. The molecule has 0 saturated heterocycles. The lowest BCUT2D eigenvalue weighted by atomic mass is 10.3. The number of nitrogens with zero attached hydrogens (tertiary/aromatic N) is 2. The first-order chi connectivity index (χ1) is 7.88. The zero-order valence-electron chi connectivity index (χ0n) is 8.25. The molecule has 0 aliphatic rings. The fourth-order valence-corrected chi connectivity index (χ4v) is 2.03. The number of non-ortho nitro benzene ring substituents is 1. The fourth-order valence-electron chi connectivity index (χ4n) is 1.02. The van der Waals surface area contributed by atoms with Crippen LogP contribution in [0.2, 0.25) is 0 Å². The van der Waals surface area contributed by atoms with E-state index in [4.69, 9.17) is 5.26 Å². The van der Waals surface area contributed by atoms with Gasteiger partial charge in [-0.3, -0.25) is 10.1 Å². The summed E-state index contributed by atoms with van der Waals surface area (Å²) in [6, 6.07) is 3.62. The molecule has 17 heavy (non-hydrogen) atoms. The summed E-state index contributed by atoms with van der Waals surface area (Å²) in [6.07, 6.45) is 0.